The van der Waals surface area contributed by atoms with E-state index in [1.165, 1.54) is 0 Å². The van der Waals surface area contributed by atoms with Gasteiger partial charge in [-0.05, 0) is 30.7 Å². The molecule has 0 fully saturated rings. The minimum absolute atomic E-state index is 0.0614. The summed E-state index contributed by atoms with van der Waals surface area (Å²) in [5.74, 6) is 0.579. The van der Waals surface area contributed by atoms with E-state index in [9.17, 15) is 13.2 Å². The standard InChI is InChI=1S/C15H23NO6S/c1-20-10-3-5-15(17)16-13-6-8-14(9-7-13)21-11-4-12-22-23(2,18)19/h6-9H,3-5,10-12H2,1-2H3,(H,16,17). The fraction of sp³-hybridized carbons (Fsp3) is 0.533. The Balaban J connectivity index is 2.26. The van der Waals surface area contributed by atoms with E-state index in [1.54, 1.807) is 31.4 Å². The molecule has 0 bridgehead atoms. The van der Waals surface area contributed by atoms with Crippen molar-refractivity contribution in [2.75, 3.05) is 38.5 Å². The molecular weight excluding hydrogens is 322 g/mol. The molecule has 0 atom stereocenters. The number of hydrogen-bond acceptors (Lipinski definition) is 6. The molecule has 0 radical (unpaired) electrons. The molecule has 0 aromatic heterocycles. The van der Waals surface area contributed by atoms with E-state index in [2.05, 4.69) is 9.50 Å². The van der Waals surface area contributed by atoms with Crippen LogP contribution in [0.25, 0.3) is 0 Å². The first kappa shape index (κ1) is 19.4. The molecule has 0 aliphatic heterocycles. The highest BCUT2D eigenvalue weighted by molar-refractivity contribution is 7.85. The molecule has 130 valence electrons. The normalized spacial score (nSPS) is 11.2. The van der Waals surface area contributed by atoms with Gasteiger partial charge in [-0.2, -0.15) is 8.42 Å². The zero-order valence-corrected chi connectivity index (χ0v) is 14.2. The van der Waals surface area contributed by atoms with Crippen LogP contribution in [0.2, 0.25) is 0 Å². The van der Waals surface area contributed by atoms with E-state index in [0.717, 1.165) is 6.26 Å². The molecule has 1 amide bonds. The maximum absolute atomic E-state index is 11.6. The van der Waals surface area contributed by atoms with Crippen LogP contribution >= 0.6 is 0 Å². The fourth-order valence-electron chi connectivity index (χ4n) is 1.69. The van der Waals surface area contributed by atoms with Crippen molar-refractivity contribution >= 4 is 21.7 Å². The Morgan fingerprint density at radius 2 is 1.78 bits per heavy atom. The van der Waals surface area contributed by atoms with Crippen molar-refractivity contribution < 1.29 is 26.9 Å². The molecular formula is C15H23NO6S. The average Bonchev–Trinajstić information content (AvgIpc) is 2.48. The lowest BCUT2D eigenvalue weighted by Gasteiger charge is -2.08. The number of nitrogens with one attached hydrogen (secondary N) is 1. The van der Waals surface area contributed by atoms with Gasteiger partial charge in [-0.1, -0.05) is 0 Å². The van der Waals surface area contributed by atoms with Gasteiger partial charge in [0.1, 0.15) is 5.75 Å². The molecule has 23 heavy (non-hydrogen) atoms. The van der Waals surface area contributed by atoms with Crippen molar-refractivity contribution in [2.24, 2.45) is 0 Å². The molecule has 0 aliphatic rings. The molecule has 0 unspecified atom stereocenters. The smallest absolute Gasteiger partial charge is 0.264 e. The second-order valence-corrected chi connectivity index (χ2v) is 6.54. The number of amides is 1. The molecule has 0 aliphatic carbocycles. The van der Waals surface area contributed by atoms with Crippen molar-refractivity contribution in [3.05, 3.63) is 24.3 Å². The lowest BCUT2D eigenvalue weighted by atomic mass is 10.2. The summed E-state index contributed by atoms with van der Waals surface area (Å²) in [6.45, 7) is 0.996. The van der Waals surface area contributed by atoms with Crippen LogP contribution < -0.4 is 10.1 Å². The van der Waals surface area contributed by atoms with Gasteiger partial charge in [0.25, 0.3) is 10.1 Å². The summed E-state index contributed by atoms with van der Waals surface area (Å²) < 4.78 is 36.5. The summed E-state index contributed by atoms with van der Waals surface area (Å²) in [5.41, 5.74) is 0.695. The monoisotopic (exact) mass is 345 g/mol. The summed E-state index contributed by atoms with van der Waals surface area (Å²) in [7, 11) is -1.80. The first-order valence-corrected chi connectivity index (χ1v) is 9.08. The molecule has 1 N–H and O–H groups in total. The number of anilines is 1. The number of carbonyl (C=O) groups is 1. The minimum Gasteiger partial charge on any atom is -0.494 e. The first-order chi connectivity index (χ1) is 10.9. The highest BCUT2D eigenvalue weighted by Crippen LogP contribution is 2.16. The summed E-state index contributed by atoms with van der Waals surface area (Å²) in [6, 6.07) is 6.97. The first-order valence-electron chi connectivity index (χ1n) is 7.27. The highest BCUT2D eigenvalue weighted by atomic mass is 32.2. The number of rotatable bonds is 11. The van der Waals surface area contributed by atoms with Crippen LogP contribution in [0.15, 0.2) is 24.3 Å². The van der Waals surface area contributed by atoms with Crippen LogP contribution in [0.3, 0.4) is 0 Å². The summed E-state index contributed by atoms with van der Waals surface area (Å²) >= 11 is 0. The Kier molecular flexibility index (Phi) is 8.60. The van der Waals surface area contributed by atoms with E-state index < -0.39 is 10.1 Å². The van der Waals surface area contributed by atoms with Crippen molar-refractivity contribution in [1.29, 1.82) is 0 Å². The third kappa shape index (κ3) is 9.88. The summed E-state index contributed by atoms with van der Waals surface area (Å²) in [4.78, 5) is 11.6. The van der Waals surface area contributed by atoms with Gasteiger partial charge in [0.15, 0.2) is 0 Å². The van der Waals surface area contributed by atoms with Crippen molar-refractivity contribution in [2.45, 2.75) is 19.3 Å². The predicted octanol–water partition coefficient (Wildman–Crippen LogP) is 1.80. The van der Waals surface area contributed by atoms with Crippen LogP contribution in [-0.2, 0) is 23.8 Å². The maximum Gasteiger partial charge on any atom is 0.264 e. The van der Waals surface area contributed by atoms with Crippen LogP contribution in [0.4, 0.5) is 5.69 Å². The van der Waals surface area contributed by atoms with Gasteiger partial charge in [0, 0.05) is 32.2 Å². The lowest BCUT2D eigenvalue weighted by molar-refractivity contribution is -0.116. The third-order valence-corrected chi connectivity index (χ3v) is 3.34. The average molecular weight is 345 g/mol. The molecule has 0 heterocycles. The number of hydrogen-bond donors (Lipinski definition) is 1. The van der Waals surface area contributed by atoms with Gasteiger partial charge < -0.3 is 14.8 Å². The maximum atomic E-state index is 11.6. The van der Waals surface area contributed by atoms with E-state index in [0.29, 0.717) is 43.9 Å². The Morgan fingerprint density at radius 1 is 1.09 bits per heavy atom. The predicted molar refractivity (Wildman–Crippen MR) is 87.1 cm³/mol. The van der Waals surface area contributed by atoms with Crippen LogP contribution in [0.5, 0.6) is 5.75 Å². The van der Waals surface area contributed by atoms with E-state index >= 15 is 0 Å². The molecule has 1 aromatic rings. The molecule has 0 saturated heterocycles. The molecule has 1 rings (SSSR count). The van der Waals surface area contributed by atoms with Gasteiger partial charge in [-0.3, -0.25) is 8.98 Å². The van der Waals surface area contributed by atoms with Crippen molar-refractivity contribution in [3.8, 4) is 5.75 Å². The third-order valence-electron chi connectivity index (χ3n) is 2.75. The Hall–Kier alpha value is -1.64. The Bertz CT molecular complexity index is 570. The largest absolute Gasteiger partial charge is 0.494 e. The zero-order valence-electron chi connectivity index (χ0n) is 13.4. The zero-order chi connectivity index (χ0) is 17.1. The number of carbonyl (C=O) groups excluding carboxylic acids is 1. The summed E-state index contributed by atoms with van der Waals surface area (Å²) in [6.07, 6.45) is 2.56. The van der Waals surface area contributed by atoms with E-state index in [-0.39, 0.29) is 12.5 Å². The van der Waals surface area contributed by atoms with Gasteiger partial charge in [0.2, 0.25) is 5.91 Å². The number of ether oxygens (including phenoxy) is 2. The van der Waals surface area contributed by atoms with Gasteiger partial charge in [0.05, 0.1) is 19.5 Å². The van der Waals surface area contributed by atoms with Crippen LogP contribution in [0, 0.1) is 0 Å². The molecule has 8 heteroatoms. The van der Waals surface area contributed by atoms with Crippen molar-refractivity contribution in [1.82, 2.24) is 0 Å². The van der Waals surface area contributed by atoms with Gasteiger partial charge in [-0.15, -0.1) is 0 Å². The summed E-state index contributed by atoms with van der Waals surface area (Å²) in [5, 5.41) is 2.78. The van der Waals surface area contributed by atoms with E-state index in [4.69, 9.17) is 9.47 Å². The lowest BCUT2D eigenvalue weighted by Crippen LogP contribution is -2.12. The molecule has 0 saturated carbocycles. The van der Waals surface area contributed by atoms with Crippen LogP contribution in [-0.4, -0.2) is 47.5 Å². The highest BCUT2D eigenvalue weighted by Gasteiger charge is 2.03. The topological polar surface area (TPSA) is 90.9 Å². The Labute approximate surface area is 137 Å². The molecule has 7 nitrogen and oxygen atoms in total. The van der Waals surface area contributed by atoms with Crippen LogP contribution in [0.1, 0.15) is 19.3 Å². The van der Waals surface area contributed by atoms with E-state index in [1.807, 2.05) is 0 Å². The second-order valence-electron chi connectivity index (χ2n) is 4.90. The van der Waals surface area contributed by atoms with Crippen molar-refractivity contribution in [3.63, 3.8) is 0 Å². The quantitative estimate of drug-likeness (QED) is 0.486. The fourth-order valence-corrected chi connectivity index (χ4v) is 2.11. The number of methoxy groups -OCH3 is 1. The van der Waals surface area contributed by atoms with Gasteiger partial charge in [-0.25, -0.2) is 0 Å². The number of benzene rings is 1. The Morgan fingerprint density at radius 3 is 2.39 bits per heavy atom. The SMILES string of the molecule is COCCCC(=O)Nc1ccc(OCCCOS(C)(=O)=O)cc1. The van der Waals surface area contributed by atoms with Gasteiger partial charge >= 0.3 is 0 Å². The minimum atomic E-state index is -3.40. The molecule has 1 aromatic carbocycles. The second kappa shape index (κ2) is 10.2. The molecule has 0 spiro atoms.